The van der Waals surface area contributed by atoms with E-state index in [9.17, 15) is 26.4 Å². The average molecular weight is 379 g/mol. The van der Waals surface area contributed by atoms with E-state index >= 15 is 0 Å². The van der Waals surface area contributed by atoms with Crippen LogP contribution in [0.1, 0.15) is 15.2 Å². The predicted molar refractivity (Wildman–Crippen MR) is 83.2 cm³/mol. The fourth-order valence-electron chi connectivity index (χ4n) is 1.87. The molecule has 0 aliphatic heterocycles. The number of carbonyl (C=O) groups excluding carboxylic acids is 1. The van der Waals surface area contributed by atoms with E-state index < -0.39 is 26.1 Å². The van der Waals surface area contributed by atoms with Crippen molar-refractivity contribution in [2.45, 2.75) is 17.3 Å². The van der Waals surface area contributed by atoms with Crippen molar-refractivity contribution < 1.29 is 31.1 Å². The van der Waals surface area contributed by atoms with E-state index in [1.54, 1.807) is 18.4 Å². The molecule has 0 saturated heterocycles. The van der Waals surface area contributed by atoms with Crippen molar-refractivity contribution >= 4 is 32.8 Å². The first-order valence-electron chi connectivity index (χ1n) is 6.42. The van der Waals surface area contributed by atoms with Crippen molar-refractivity contribution in [1.29, 1.82) is 0 Å². The van der Waals surface area contributed by atoms with Crippen LogP contribution in [0.4, 0.5) is 18.9 Å². The fourth-order valence-corrected chi connectivity index (χ4v) is 3.48. The maximum Gasteiger partial charge on any atom is 0.501 e. The van der Waals surface area contributed by atoms with Gasteiger partial charge in [-0.15, -0.1) is 11.3 Å². The number of sulfone groups is 1. The molecule has 1 heterocycles. The van der Waals surface area contributed by atoms with E-state index in [4.69, 9.17) is 4.74 Å². The van der Waals surface area contributed by atoms with Crippen LogP contribution in [-0.4, -0.2) is 26.9 Å². The second-order valence-corrected chi connectivity index (χ2v) is 7.56. The Morgan fingerprint density at radius 2 is 1.92 bits per heavy atom. The van der Waals surface area contributed by atoms with Gasteiger partial charge < -0.3 is 10.1 Å². The molecule has 0 fully saturated rings. The van der Waals surface area contributed by atoms with Crippen LogP contribution in [0, 0.1) is 6.92 Å². The third-order valence-corrected chi connectivity index (χ3v) is 5.60. The summed E-state index contributed by atoms with van der Waals surface area (Å²) in [6.07, 6.45) is 0. The minimum absolute atomic E-state index is 0.0404. The molecule has 2 aromatic rings. The predicted octanol–water partition coefficient (Wildman–Crippen LogP) is 3.61. The van der Waals surface area contributed by atoms with Crippen LogP contribution in [0.25, 0.3) is 0 Å². The lowest BCUT2D eigenvalue weighted by Crippen LogP contribution is -2.23. The van der Waals surface area contributed by atoms with E-state index in [1.165, 1.54) is 7.11 Å². The molecule has 0 unspecified atom stereocenters. The van der Waals surface area contributed by atoms with Gasteiger partial charge >= 0.3 is 5.51 Å². The van der Waals surface area contributed by atoms with E-state index in [1.807, 2.05) is 0 Å². The summed E-state index contributed by atoms with van der Waals surface area (Å²) in [5.74, 6) is -0.527. The summed E-state index contributed by atoms with van der Waals surface area (Å²) in [6.45, 7) is 1.70. The molecule has 1 aromatic heterocycles. The number of aryl methyl sites for hydroxylation is 1. The number of carbonyl (C=O) groups is 1. The lowest BCUT2D eigenvalue weighted by molar-refractivity contribution is -0.0436. The molecule has 0 saturated carbocycles. The number of thiophene rings is 1. The molecule has 1 amide bonds. The van der Waals surface area contributed by atoms with Crippen molar-refractivity contribution in [3.63, 3.8) is 0 Å². The van der Waals surface area contributed by atoms with Gasteiger partial charge in [0.15, 0.2) is 0 Å². The molecule has 0 radical (unpaired) electrons. The number of ether oxygens (including phenoxy) is 1. The second-order valence-electron chi connectivity index (χ2n) is 4.70. The number of hydrogen-bond acceptors (Lipinski definition) is 5. The van der Waals surface area contributed by atoms with E-state index in [-0.39, 0.29) is 11.4 Å². The van der Waals surface area contributed by atoms with Crippen molar-refractivity contribution in [3.8, 4) is 5.75 Å². The zero-order chi connectivity index (χ0) is 18.1. The Morgan fingerprint density at radius 1 is 1.25 bits per heavy atom. The molecule has 10 heteroatoms. The molecule has 0 bridgehead atoms. The van der Waals surface area contributed by atoms with Crippen LogP contribution >= 0.6 is 11.3 Å². The first-order chi connectivity index (χ1) is 11.1. The zero-order valence-corrected chi connectivity index (χ0v) is 14.1. The monoisotopic (exact) mass is 379 g/mol. The lowest BCUT2D eigenvalue weighted by Gasteiger charge is -2.13. The van der Waals surface area contributed by atoms with E-state index in [0.717, 1.165) is 29.5 Å². The summed E-state index contributed by atoms with van der Waals surface area (Å²) in [5, 5.41) is 4.07. The molecule has 5 nitrogen and oxygen atoms in total. The first kappa shape index (κ1) is 18.3. The van der Waals surface area contributed by atoms with Crippen LogP contribution < -0.4 is 10.1 Å². The number of alkyl halides is 3. The summed E-state index contributed by atoms with van der Waals surface area (Å²) in [7, 11) is -4.28. The lowest BCUT2D eigenvalue weighted by atomic mass is 10.2. The molecular weight excluding hydrogens is 367 g/mol. The SMILES string of the molecule is COc1ccc(S(=O)(=O)C(F)(F)F)cc1NC(=O)c1sccc1C. The van der Waals surface area contributed by atoms with Crippen molar-refractivity contribution in [2.24, 2.45) is 0 Å². The molecule has 2 rings (SSSR count). The van der Waals surface area contributed by atoms with Gasteiger partial charge in [0.1, 0.15) is 5.75 Å². The molecule has 130 valence electrons. The van der Waals surface area contributed by atoms with Crippen LogP contribution in [0.5, 0.6) is 5.75 Å². The summed E-state index contributed by atoms with van der Waals surface area (Å²) >= 11 is 1.15. The van der Waals surface area contributed by atoms with Crippen LogP contribution in [0.3, 0.4) is 0 Å². The van der Waals surface area contributed by atoms with E-state index in [0.29, 0.717) is 10.4 Å². The highest BCUT2D eigenvalue weighted by Gasteiger charge is 2.47. The van der Waals surface area contributed by atoms with Gasteiger partial charge in [0.25, 0.3) is 15.7 Å². The minimum Gasteiger partial charge on any atom is -0.495 e. The topological polar surface area (TPSA) is 72.5 Å². The summed E-state index contributed by atoms with van der Waals surface area (Å²) in [6, 6.07) is 4.26. The maximum absolute atomic E-state index is 12.7. The van der Waals surface area contributed by atoms with Gasteiger partial charge in [0.05, 0.1) is 22.6 Å². The van der Waals surface area contributed by atoms with Gasteiger partial charge in [-0.1, -0.05) is 0 Å². The Labute approximate surface area is 140 Å². The number of halogens is 3. The highest BCUT2D eigenvalue weighted by molar-refractivity contribution is 7.92. The van der Waals surface area contributed by atoms with Gasteiger partial charge in [-0.05, 0) is 42.1 Å². The number of nitrogens with one attached hydrogen (secondary N) is 1. The van der Waals surface area contributed by atoms with Gasteiger partial charge in [0.2, 0.25) is 0 Å². The molecule has 24 heavy (non-hydrogen) atoms. The smallest absolute Gasteiger partial charge is 0.495 e. The third-order valence-electron chi connectivity index (χ3n) is 3.10. The summed E-state index contributed by atoms with van der Waals surface area (Å²) in [5.41, 5.74) is -4.91. The number of methoxy groups -OCH3 is 1. The highest BCUT2D eigenvalue weighted by Crippen LogP contribution is 2.35. The van der Waals surface area contributed by atoms with Crippen LogP contribution in [0.2, 0.25) is 0 Å². The molecule has 1 aromatic carbocycles. The van der Waals surface area contributed by atoms with Crippen molar-refractivity contribution in [1.82, 2.24) is 0 Å². The van der Waals surface area contributed by atoms with Crippen molar-refractivity contribution in [3.05, 3.63) is 40.1 Å². The third kappa shape index (κ3) is 3.39. The fraction of sp³-hybridized carbons (Fsp3) is 0.214. The molecule has 0 atom stereocenters. The Hall–Kier alpha value is -2.07. The summed E-state index contributed by atoms with van der Waals surface area (Å²) in [4.78, 5) is 11.6. The molecular formula is C14H12F3NO4S2. The van der Waals surface area contributed by atoms with Gasteiger partial charge in [-0.3, -0.25) is 4.79 Å². The number of anilines is 1. The molecule has 0 aliphatic rings. The normalized spacial score (nSPS) is 12.0. The van der Waals surface area contributed by atoms with Crippen LogP contribution in [-0.2, 0) is 9.84 Å². The quantitative estimate of drug-likeness (QED) is 0.881. The second kappa shape index (κ2) is 6.44. The number of rotatable bonds is 4. The Balaban J connectivity index is 2.44. The standard InChI is InChI=1S/C14H12F3NO4S2/c1-8-5-6-23-12(8)13(19)18-10-7-9(3-4-11(10)22-2)24(20,21)14(15,16)17/h3-7H,1-2H3,(H,18,19). The number of amides is 1. The van der Waals surface area contributed by atoms with Crippen molar-refractivity contribution in [2.75, 3.05) is 12.4 Å². The van der Waals surface area contributed by atoms with Gasteiger partial charge in [-0.2, -0.15) is 13.2 Å². The Kier molecular flexibility index (Phi) is 4.90. The van der Waals surface area contributed by atoms with Gasteiger partial charge in [0, 0.05) is 0 Å². The largest absolute Gasteiger partial charge is 0.501 e. The van der Waals surface area contributed by atoms with E-state index in [2.05, 4.69) is 5.32 Å². The Morgan fingerprint density at radius 3 is 2.42 bits per heavy atom. The minimum atomic E-state index is -5.53. The molecule has 0 spiro atoms. The maximum atomic E-state index is 12.7. The first-order valence-corrected chi connectivity index (χ1v) is 8.79. The van der Waals surface area contributed by atoms with Gasteiger partial charge in [-0.25, -0.2) is 8.42 Å². The molecule has 0 aliphatic carbocycles. The molecule has 1 N–H and O–H groups in total. The zero-order valence-electron chi connectivity index (χ0n) is 12.5. The highest BCUT2D eigenvalue weighted by atomic mass is 32.2. The van der Waals surface area contributed by atoms with Crippen LogP contribution in [0.15, 0.2) is 34.5 Å². The number of benzene rings is 1. The summed E-state index contributed by atoms with van der Waals surface area (Å²) < 4.78 is 66.0. The average Bonchev–Trinajstić information content (AvgIpc) is 2.92. The number of hydrogen-bond donors (Lipinski definition) is 1. The Bertz CT molecular complexity index is 872.